The van der Waals surface area contributed by atoms with Crippen LogP contribution in [-0.4, -0.2) is 24.1 Å². The molecule has 3 rings (SSSR count). The van der Waals surface area contributed by atoms with E-state index in [0.29, 0.717) is 17.5 Å². The number of amides is 1. The van der Waals surface area contributed by atoms with Gasteiger partial charge in [0.25, 0.3) is 5.91 Å². The maximum atomic E-state index is 12.8. The molecule has 1 heterocycles. The molecule has 1 amide bonds. The van der Waals surface area contributed by atoms with Gasteiger partial charge in [-0.15, -0.1) is 0 Å². The smallest absolute Gasteiger partial charge is 0.355 e. The van der Waals surface area contributed by atoms with Crippen LogP contribution in [0.4, 0.5) is 13.2 Å². The van der Waals surface area contributed by atoms with E-state index in [0.717, 1.165) is 16.5 Å². The summed E-state index contributed by atoms with van der Waals surface area (Å²) in [4.78, 5) is 16.1. The number of allylic oxidation sites excluding steroid dienone is 2. The third-order valence-corrected chi connectivity index (χ3v) is 4.42. The molecule has 0 unspecified atom stereocenters. The molecule has 0 spiro atoms. The minimum Gasteiger partial charge on any atom is -0.355 e. The van der Waals surface area contributed by atoms with Crippen molar-refractivity contribution in [3.05, 3.63) is 47.7 Å². The number of alkyl halides is 3. The highest BCUT2D eigenvalue weighted by atomic mass is 19.4. The summed E-state index contributed by atoms with van der Waals surface area (Å²) in [5, 5.41) is 3.34. The summed E-state index contributed by atoms with van der Waals surface area (Å²) in [6, 6.07) is 7.30. The van der Waals surface area contributed by atoms with Crippen molar-refractivity contribution < 1.29 is 18.0 Å². The largest absolute Gasteiger partial charge is 0.392 e. The van der Waals surface area contributed by atoms with E-state index in [1.54, 1.807) is 19.2 Å². The number of hydrogen-bond acceptors (Lipinski definition) is 2. The maximum Gasteiger partial charge on any atom is 0.392 e. The highest BCUT2D eigenvalue weighted by Crippen LogP contribution is 2.40. The quantitative estimate of drug-likeness (QED) is 0.888. The number of rotatable bonds is 2. The average molecular weight is 334 g/mol. The zero-order valence-corrected chi connectivity index (χ0v) is 13.2. The number of fused-ring (bicyclic) bond motifs is 1. The van der Waals surface area contributed by atoms with Crippen LogP contribution >= 0.6 is 0 Å². The van der Waals surface area contributed by atoms with Gasteiger partial charge in [0.2, 0.25) is 0 Å². The molecule has 1 N–H and O–H groups in total. The van der Waals surface area contributed by atoms with Crippen LogP contribution in [0.25, 0.3) is 16.5 Å². The fourth-order valence-electron chi connectivity index (χ4n) is 3.06. The number of pyridine rings is 1. The monoisotopic (exact) mass is 334 g/mol. The molecule has 3 nitrogen and oxygen atoms in total. The zero-order chi connectivity index (χ0) is 17.3. The molecule has 6 heteroatoms. The Kier molecular flexibility index (Phi) is 4.30. The molecule has 1 aromatic carbocycles. The first-order valence-electron chi connectivity index (χ1n) is 7.77. The van der Waals surface area contributed by atoms with Gasteiger partial charge in [0.05, 0.1) is 17.0 Å². The van der Waals surface area contributed by atoms with E-state index in [1.165, 1.54) is 6.20 Å². The molecule has 24 heavy (non-hydrogen) atoms. The Balaban J connectivity index is 1.96. The number of para-hydroxylation sites is 1. The van der Waals surface area contributed by atoms with Crippen LogP contribution in [0.1, 0.15) is 35.2 Å². The van der Waals surface area contributed by atoms with E-state index < -0.39 is 12.1 Å². The summed E-state index contributed by atoms with van der Waals surface area (Å²) in [6.07, 6.45) is -0.492. The summed E-state index contributed by atoms with van der Waals surface area (Å²) < 4.78 is 38.4. The lowest BCUT2D eigenvalue weighted by Crippen LogP contribution is -2.24. The Hall–Kier alpha value is -2.37. The number of carbonyl (C=O) groups excluding carboxylic acids is 1. The van der Waals surface area contributed by atoms with E-state index in [-0.39, 0.29) is 18.7 Å². The molecule has 1 aromatic heterocycles. The minimum atomic E-state index is -4.14. The molecule has 1 aliphatic carbocycles. The van der Waals surface area contributed by atoms with Crippen molar-refractivity contribution >= 4 is 22.4 Å². The number of halogens is 3. The van der Waals surface area contributed by atoms with Crippen molar-refractivity contribution in [1.82, 2.24) is 10.3 Å². The van der Waals surface area contributed by atoms with E-state index >= 15 is 0 Å². The second-order valence-corrected chi connectivity index (χ2v) is 5.92. The molecule has 0 radical (unpaired) electrons. The van der Waals surface area contributed by atoms with Gasteiger partial charge in [-0.2, -0.15) is 13.2 Å². The van der Waals surface area contributed by atoms with Crippen molar-refractivity contribution in [2.24, 2.45) is 5.92 Å². The fourth-order valence-corrected chi connectivity index (χ4v) is 3.06. The van der Waals surface area contributed by atoms with Crippen molar-refractivity contribution in [2.45, 2.75) is 25.4 Å². The molecule has 0 fully saturated rings. The van der Waals surface area contributed by atoms with E-state index in [1.807, 2.05) is 18.2 Å². The first kappa shape index (κ1) is 16.5. The molecule has 1 aliphatic rings. The van der Waals surface area contributed by atoms with Crippen LogP contribution in [0, 0.1) is 5.92 Å². The lowest BCUT2D eigenvalue weighted by Gasteiger charge is -2.24. The topological polar surface area (TPSA) is 42.0 Å². The van der Waals surface area contributed by atoms with Crippen molar-refractivity contribution in [2.75, 3.05) is 7.05 Å². The number of nitrogens with one attached hydrogen (secondary N) is 1. The van der Waals surface area contributed by atoms with E-state index in [4.69, 9.17) is 0 Å². The summed E-state index contributed by atoms with van der Waals surface area (Å²) in [7, 11) is 1.55. The Morgan fingerprint density at radius 3 is 2.75 bits per heavy atom. The zero-order valence-electron chi connectivity index (χ0n) is 13.2. The van der Waals surface area contributed by atoms with Crippen LogP contribution in [-0.2, 0) is 0 Å². The predicted molar refractivity (Wildman–Crippen MR) is 86.5 cm³/mol. The van der Waals surface area contributed by atoms with Crippen LogP contribution in [0.3, 0.4) is 0 Å². The summed E-state index contributed by atoms with van der Waals surface area (Å²) in [5.41, 5.74) is 2.90. The molecular formula is C18H17F3N2O. The Morgan fingerprint density at radius 2 is 2.12 bits per heavy atom. The summed E-state index contributed by atoms with van der Waals surface area (Å²) in [5.74, 6) is -1.48. The van der Waals surface area contributed by atoms with Crippen LogP contribution in [0.15, 0.2) is 36.5 Å². The van der Waals surface area contributed by atoms with Crippen molar-refractivity contribution in [1.29, 1.82) is 0 Å². The lowest BCUT2D eigenvalue weighted by molar-refractivity contribution is -0.175. The lowest BCUT2D eigenvalue weighted by atomic mass is 9.85. The van der Waals surface area contributed by atoms with Crippen molar-refractivity contribution in [3.8, 4) is 0 Å². The van der Waals surface area contributed by atoms with Crippen LogP contribution in [0.2, 0.25) is 0 Å². The predicted octanol–water partition coefficient (Wildman–Crippen LogP) is 4.34. The highest BCUT2D eigenvalue weighted by Gasteiger charge is 2.39. The van der Waals surface area contributed by atoms with Crippen LogP contribution < -0.4 is 5.32 Å². The van der Waals surface area contributed by atoms with Gasteiger partial charge in [-0.3, -0.25) is 9.78 Å². The summed E-state index contributed by atoms with van der Waals surface area (Å²) >= 11 is 0. The average Bonchev–Trinajstić information content (AvgIpc) is 2.59. The second kappa shape index (κ2) is 6.26. The molecule has 0 bridgehead atoms. The Bertz CT molecular complexity index is 812. The molecular weight excluding hydrogens is 317 g/mol. The second-order valence-electron chi connectivity index (χ2n) is 5.92. The number of carbonyl (C=O) groups is 1. The third-order valence-electron chi connectivity index (χ3n) is 4.42. The maximum absolute atomic E-state index is 12.8. The van der Waals surface area contributed by atoms with E-state index in [9.17, 15) is 18.0 Å². The number of aromatic nitrogens is 1. The van der Waals surface area contributed by atoms with Crippen LogP contribution in [0.5, 0.6) is 0 Å². The Labute approximate surface area is 137 Å². The van der Waals surface area contributed by atoms with E-state index in [2.05, 4.69) is 10.3 Å². The minimum absolute atomic E-state index is 0.00550. The van der Waals surface area contributed by atoms with Crippen molar-refractivity contribution in [3.63, 3.8) is 0 Å². The molecule has 1 atom stereocenters. The fraction of sp³-hybridized carbons (Fsp3) is 0.333. The molecule has 0 saturated carbocycles. The SMILES string of the molecule is CNC(=O)c1cnc2c(C3=CC[C@@H](C(F)(F)F)CC3)cccc2c1. The van der Waals surface area contributed by atoms with Gasteiger partial charge in [0.15, 0.2) is 0 Å². The standard InChI is InChI=1S/C18H17F3N2O/c1-22-17(24)13-9-12-3-2-4-15(16(12)23-10-13)11-5-7-14(8-6-11)18(19,20)21/h2-5,9-10,14H,6-8H2,1H3,(H,22,24)/t14-/m1/s1. The van der Waals surface area contributed by atoms with Gasteiger partial charge < -0.3 is 5.32 Å². The molecule has 0 aliphatic heterocycles. The number of hydrogen-bond donors (Lipinski definition) is 1. The third kappa shape index (κ3) is 3.13. The summed E-state index contributed by atoms with van der Waals surface area (Å²) in [6.45, 7) is 0. The highest BCUT2D eigenvalue weighted by molar-refractivity contribution is 5.99. The van der Waals surface area contributed by atoms with Gasteiger partial charge in [0, 0.05) is 24.2 Å². The van der Waals surface area contributed by atoms with Gasteiger partial charge in [-0.05, 0) is 30.9 Å². The molecule has 126 valence electrons. The number of nitrogens with zero attached hydrogens (tertiary/aromatic N) is 1. The molecule has 2 aromatic rings. The van der Waals surface area contributed by atoms with Gasteiger partial charge in [-0.25, -0.2) is 0 Å². The van der Waals surface area contributed by atoms with Gasteiger partial charge >= 0.3 is 6.18 Å². The van der Waals surface area contributed by atoms with Gasteiger partial charge in [0.1, 0.15) is 0 Å². The number of benzene rings is 1. The Morgan fingerprint density at radius 1 is 1.33 bits per heavy atom. The van der Waals surface area contributed by atoms with Gasteiger partial charge in [-0.1, -0.05) is 24.3 Å². The first-order valence-corrected chi connectivity index (χ1v) is 7.77. The molecule has 0 saturated heterocycles. The normalized spacial score (nSPS) is 18.3. The first-order chi connectivity index (χ1) is 11.4.